The SMILES string of the molecule is FC(F)c1nnc2ccc(NC3CCN(c4ccccn4)C3)nn12. The molecule has 0 aromatic carbocycles. The predicted molar refractivity (Wildman–Crippen MR) is 84.2 cm³/mol. The van der Waals surface area contributed by atoms with Gasteiger partial charge < -0.3 is 10.2 Å². The minimum atomic E-state index is -2.71. The highest BCUT2D eigenvalue weighted by molar-refractivity contribution is 5.46. The number of hydrogen-bond donors (Lipinski definition) is 1. The number of fused-ring (bicyclic) bond motifs is 1. The second kappa shape index (κ2) is 5.99. The Morgan fingerprint density at radius 2 is 2.08 bits per heavy atom. The van der Waals surface area contributed by atoms with Crippen molar-refractivity contribution in [2.75, 3.05) is 23.3 Å². The normalized spacial score (nSPS) is 17.8. The molecule has 0 radical (unpaired) electrons. The molecule has 1 atom stereocenters. The summed E-state index contributed by atoms with van der Waals surface area (Å²) in [5, 5.41) is 14.6. The second-order valence-corrected chi connectivity index (χ2v) is 5.61. The molecule has 7 nitrogen and oxygen atoms in total. The third-order valence-corrected chi connectivity index (χ3v) is 4.00. The first-order valence-corrected chi connectivity index (χ1v) is 7.64. The van der Waals surface area contributed by atoms with E-state index in [9.17, 15) is 8.78 Å². The van der Waals surface area contributed by atoms with Crippen LogP contribution in [0.2, 0.25) is 0 Å². The highest BCUT2D eigenvalue weighted by Gasteiger charge is 2.24. The minimum absolute atomic E-state index is 0.170. The molecule has 4 rings (SSSR count). The van der Waals surface area contributed by atoms with Gasteiger partial charge in [0.1, 0.15) is 11.6 Å². The molecule has 0 amide bonds. The van der Waals surface area contributed by atoms with E-state index in [4.69, 9.17) is 0 Å². The first-order valence-electron chi connectivity index (χ1n) is 7.64. The van der Waals surface area contributed by atoms with Gasteiger partial charge >= 0.3 is 0 Å². The number of aromatic nitrogens is 5. The van der Waals surface area contributed by atoms with E-state index in [1.807, 2.05) is 18.2 Å². The molecule has 3 aromatic rings. The van der Waals surface area contributed by atoms with E-state index in [0.29, 0.717) is 11.5 Å². The zero-order chi connectivity index (χ0) is 16.5. The van der Waals surface area contributed by atoms with Gasteiger partial charge in [-0.3, -0.25) is 0 Å². The van der Waals surface area contributed by atoms with Gasteiger partial charge in [-0.2, -0.15) is 4.52 Å². The summed E-state index contributed by atoms with van der Waals surface area (Å²) in [5.41, 5.74) is 0.303. The Labute approximate surface area is 136 Å². The van der Waals surface area contributed by atoms with Gasteiger partial charge in [0.2, 0.25) is 5.82 Å². The van der Waals surface area contributed by atoms with E-state index in [1.165, 1.54) is 0 Å². The summed E-state index contributed by atoms with van der Waals surface area (Å²) in [6.45, 7) is 1.66. The minimum Gasteiger partial charge on any atom is -0.364 e. The Bertz CT molecular complexity index is 836. The molecule has 24 heavy (non-hydrogen) atoms. The van der Waals surface area contributed by atoms with Crippen LogP contribution in [0.1, 0.15) is 18.7 Å². The summed E-state index contributed by atoms with van der Waals surface area (Å²) in [4.78, 5) is 6.53. The van der Waals surface area contributed by atoms with E-state index in [2.05, 4.69) is 30.5 Å². The average Bonchev–Trinajstić information content (AvgIpc) is 3.22. The number of anilines is 2. The zero-order valence-electron chi connectivity index (χ0n) is 12.7. The van der Waals surface area contributed by atoms with Crippen LogP contribution in [0.4, 0.5) is 20.4 Å². The van der Waals surface area contributed by atoms with Gasteiger partial charge in [0.25, 0.3) is 6.43 Å². The molecule has 1 aliphatic heterocycles. The molecular formula is C15H15F2N7. The first-order chi connectivity index (χ1) is 11.7. The van der Waals surface area contributed by atoms with Crippen molar-refractivity contribution in [2.24, 2.45) is 0 Å². The summed E-state index contributed by atoms with van der Waals surface area (Å²) < 4.78 is 26.9. The van der Waals surface area contributed by atoms with Gasteiger partial charge in [0.15, 0.2) is 5.65 Å². The van der Waals surface area contributed by atoms with Gasteiger partial charge in [-0.05, 0) is 30.7 Å². The van der Waals surface area contributed by atoms with Crippen molar-refractivity contribution in [1.82, 2.24) is 24.8 Å². The third-order valence-electron chi connectivity index (χ3n) is 4.00. The smallest absolute Gasteiger partial charge is 0.299 e. The molecule has 1 fully saturated rings. The van der Waals surface area contributed by atoms with Crippen LogP contribution in [0.5, 0.6) is 0 Å². The number of pyridine rings is 1. The number of rotatable bonds is 4. The maximum atomic E-state index is 12.9. The summed E-state index contributed by atoms with van der Waals surface area (Å²) in [5.74, 6) is 1.01. The monoisotopic (exact) mass is 331 g/mol. The highest BCUT2D eigenvalue weighted by Crippen LogP contribution is 2.21. The van der Waals surface area contributed by atoms with Crippen molar-refractivity contribution >= 4 is 17.3 Å². The molecule has 0 aliphatic carbocycles. The maximum Gasteiger partial charge on any atom is 0.299 e. The number of hydrogen-bond acceptors (Lipinski definition) is 6. The largest absolute Gasteiger partial charge is 0.364 e. The van der Waals surface area contributed by atoms with Crippen LogP contribution in [0.3, 0.4) is 0 Å². The number of nitrogens with one attached hydrogen (secondary N) is 1. The summed E-state index contributed by atoms with van der Waals surface area (Å²) >= 11 is 0. The van der Waals surface area contributed by atoms with Crippen LogP contribution < -0.4 is 10.2 Å². The molecule has 3 aromatic heterocycles. The van der Waals surface area contributed by atoms with Crippen molar-refractivity contribution in [3.05, 3.63) is 42.4 Å². The Balaban J connectivity index is 1.50. The van der Waals surface area contributed by atoms with E-state index in [1.54, 1.807) is 18.3 Å². The molecule has 4 heterocycles. The molecule has 1 unspecified atom stereocenters. The fraction of sp³-hybridized carbons (Fsp3) is 0.333. The lowest BCUT2D eigenvalue weighted by molar-refractivity contribution is 0.137. The molecule has 0 bridgehead atoms. The van der Waals surface area contributed by atoms with Gasteiger partial charge in [0.05, 0.1) is 0 Å². The van der Waals surface area contributed by atoms with Crippen LogP contribution in [0.15, 0.2) is 36.5 Å². The lowest BCUT2D eigenvalue weighted by atomic mass is 10.2. The Morgan fingerprint density at radius 3 is 2.88 bits per heavy atom. The van der Waals surface area contributed by atoms with Gasteiger partial charge in [0, 0.05) is 25.3 Å². The van der Waals surface area contributed by atoms with Gasteiger partial charge in [-0.15, -0.1) is 15.3 Å². The van der Waals surface area contributed by atoms with Crippen LogP contribution in [-0.2, 0) is 0 Å². The van der Waals surface area contributed by atoms with E-state index in [0.717, 1.165) is 29.8 Å². The van der Waals surface area contributed by atoms with E-state index < -0.39 is 12.2 Å². The van der Waals surface area contributed by atoms with Crippen LogP contribution in [0.25, 0.3) is 5.65 Å². The van der Waals surface area contributed by atoms with E-state index >= 15 is 0 Å². The lowest BCUT2D eigenvalue weighted by Gasteiger charge is -2.18. The average molecular weight is 331 g/mol. The highest BCUT2D eigenvalue weighted by atomic mass is 19.3. The Hall–Kier alpha value is -2.84. The summed E-state index contributed by atoms with van der Waals surface area (Å²) in [6.07, 6.45) is -0.0298. The number of halogens is 2. The van der Waals surface area contributed by atoms with Crippen LogP contribution in [-0.4, -0.2) is 43.9 Å². The Kier molecular flexibility index (Phi) is 3.68. The number of nitrogens with zero attached hydrogens (tertiary/aromatic N) is 6. The molecule has 1 aliphatic rings. The molecule has 1 N–H and O–H groups in total. The second-order valence-electron chi connectivity index (χ2n) is 5.61. The fourth-order valence-corrected chi connectivity index (χ4v) is 2.85. The lowest BCUT2D eigenvalue weighted by Crippen LogP contribution is -2.27. The van der Waals surface area contributed by atoms with E-state index in [-0.39, 0.29) is 6.04 Å². The maximum absolute atomic E-state index is 12.9. The zero-order valence-corrected chi connectivity index (χ0v) is 12.7. The van der Waals surface area contributed by atoms with Gasteiger partial charge in [-0.1, -0.05) is 6.07 Å². The first kappa shape index (κ1) is 14.7. The third kappa shape index (κ3) is 2.72. The van der Waals surface area contributed by atoms with Gasteiger partial charge in [-0.25, -0.2) is 13.8 Å². The van der Waals surface area contributed by atoms with Crippen molar-refractivity contribution in [1.29, 1.82) is 0 Å². The van der Waals surface area contributed by atoms with Crippen molar-refractivity contribution < 1.29 is 8.78 Å². The summed E-state index contributed by atoms with van der Waals surface area (Å²) in [6, 6.07) is 9.33. The molecule has 0 saturated carbocycles. The molecule has 0 spiro atoms. The van der Waals surface area contributed by atoms with Crippen molar-refractivity contribution in [3.63, 3.8) is 0 Å². The molecular weight excluding hydrogens is 316 g/mol. The Morgan fingerprint density at radius 1 is 1.17 bits per heavy atom. The predicted octanol–water partition coefficient (Wildman–Crippen LogP) is 2.15. The van der Waals surface area contributed by atoms with Crippen molar-refractivity contribution in [3.8, 4) is 0 Å². The summed E-state index contributed by atoms with van der Waals surface area (Å²) in [7, 11) is 0. The standard InChI is InChI=1S/C15H15F2N7/c16-14(17)15-21-20-13-5-4-11(22-24(13)15)19-10-6-8-23(9-10)12-3-1-2-7-18-12/h1-5,7,10,14H,6,8-9H2,(H,19,22). The molecule has 124 valence electrons. The van der Waals surface area contributed by atoms with Crippen LogP contribution >= 0.6 is 0 Å². The topological polar surface area (TPSA) is 71.2 Å². The van der Waals surface area contributed by atoms with Crippen molar-refractivity contribution in [2.45, 2.75) is 18.9 Å². The fourth-order valence-electron chi connectivity index (χ4n) is 2.85. The molecule has 1 saturated heterocycles. The molecule has 9 heteroatoms. The number of alkyl halides is 2. The van der Waals surface area contributed by atoms with Crippen LogP contribution in [0, 0.1) is 0 Å². The quantitative estimate of drug-likeness (QED) is 0.790.